The molecule has 34 heavy (non-hydrogen) atoms. The Hall–Kier alpha value is -3.66. The molecule has 180 valence electrons. The van der Waals surface area contributed by atoms with Gasteiger partial charge in [-0.2, -0.15) is 0 Å². The minimum atomic E-state index is -0.687. The molecule has 1 aliphatic rings. The van der Waals surface area contributed by atoms with Gasteiger partial charge in [-0.3, -0.25) is 9.78 Å². The first kappa shape index (κ1) is 25.0. The Morgan fingerprint density at radius 1 is 1.35 bits per heavy atom. The molecule has 3 N–H and O–H groups in total. The Labute approximate surface area is 198 Å². The molecule has 3 rings (SSSR count). The molecular weight excluding hydrogens is 437 g/mol. The van der Waals surface area contributed by atoms with E-state index in [4.69, 9.17) is 4.74 Å². The first-order chi connectivity index (χ1) is 16.4. The largest absolute Gasteiger partial charge is 0.477 e. The van der Waals surface area contributed by atoms with E-state index < -0.39 is 17.6 Å². The second-order valence-electron chi connectivity index (χ2n) is 7.71. The van der Waals surface area contributed by atoms with E-state index >= 15 is 0 Å². The summed E-state index contributed by atoms with van der Waals surface area (Å²) in [5, 5.41) is 2.58. The zero-order valence-corrected chi connectivity index (χ0v) is 19.6. The predicted molar refractivity (Wildman–Crippen MR) is 129 cm³/mol. The molecule has 0 aromatic carbocycles. The number of nitrogens with one attached hydrogen (secondary N) is 3. The number of hydrogen-bond acceptors (Lipinski definition) is 8. The Morgan fingerprint density at radius 3 is 2.79 bits per heavy atom. The van der Waals surface area contributed by atoms with Crippen molar-refractivity contribution in [2.75, 3.05) is 11.9 Å². The highest BCUT2D eigenvalue weighted by molar-refractivity contribution is 6.13. The van der Waals surface area contributed by atoms with E-state index in [0.717, 1.165) is 12.8 Å². The second kappa shape index (κ2) is 12.0. The average Bonchev–Trinajstić information content (AvgIpc) is 3.65. The van der Waals surface area contributed by atoms with Crippen LogP contribution in [0.4, 0.5) is 10.2 Å². The molecule has 1 atom stereocenters. The highest BCUT2D eigenvalue weighted by Gasteiger charge is 2.24. The van der Waals surface area contributed by atoms with Gasteiger partial charge in [-0.25, -0.2) is 24.8 Å². The molecule has 2 heterocycles. The summed E-state index contributed by atoms with van der Waals surface area (Å²) in [5.41, 5.74) is 7.40. The highest BCUT2D eigenvalue weighted by atomic mass is 19.1. The third-order valence-electron chi connectivity index (χ3n) is 4.96. The Balaban J connectivity index is 1.74. The Morgan fingerprint density at radius 2 is 2.15 bits per heavy atom. The molecule has 1 saturated carbocycles. The summed E-state index contributed by atoms with van der Waals surface area (Å²) >= 11 is 0. The van der Waals surface area contributed by atoms with E-state index in [2.05, 4.69) is 42.7 Å². The highest BCUT2D eigenvalue weighted by Crippen LogP contribution is 2.23. The van der Waals surface area contributed by atoms with Crippen molar-refractivity contribution < 1.29 is 13.9 Å². The van der Waals surface area contributed by atoms with E-state index in [1.165, 1.54) is 24.7 Å². The van der Waals surface area contributed by atoms with Gasteiger partial charge >= 0.3 is 0 Å². The number of aromatic nitrogens is 3. The standard InChI is InChI=1S/C24H30FN7O2/c1-5-8-20(28-15(4)31-32-17-9-10-17)18(6-2)24(33)30-23-19(25)11-16(12-27-23)21-13-26-14-22(29-21)34-7-3/h5,8,11-14,17-18,31-32H,4,6-7,9-10H2,1-3H3,(H,27,30,33)/b8-5-,28-20+. The lowest BCUT2D eigenvalue weighted by Gasteiger charge is -2.17. The molecule has 2 aromatic heterocycles. The monoisotopic (exact) mass is 467 g/mol. The van der Waals surface area contributed by atoms with Crippen molar-refractivity contribution in [2.24, 2.45) is 10.9 Å². The SMILES string of the molecule is C=C(/N=C(\C=C/C)C(CC)C(=O)Nc1ncc(-c2cncc(OCC)n2)cc1F)NNC1CC1. The molecule has 2 aromatic rings. The summed E-state index contributed by atoms with van der Waals surface area (Å²) in [6.45, 7) is 9.85. The number of aliphatic imine (C=N–C) groups is 1. The number of rotatable bonds is 12. The van der Waals surface area contributed by atoms with E-state index in [1.54, 1.807) is 12.2 Å². The van der Waals surface area contributed by atoms with Gasteiger partial charge in [-0.1, -0.05) is 19.6 Å². The number of anilines is 1. The molecule has 0 saturated heterocycles. The van der Waals surface area contributed by atoms with Crippen LogP contribution in [-0.4, -0.2) is 39.2 Å². The fraction of sp³-hybridized carbons (Fsp3) is 0.375. The zero-order valence-electron chi connectivity index (χ0n) is 19.6. The lowest BCUT2D eigenvalue weighted by molar-refractivity contribution is -0.118. The first-order valence-electron chi connectivity index (χ1n) is 11.3. The number of allylic oxidation sites excluding steroid dienone is 2. The van der Waals surface area contributed by atoms with E-state index in [0.29, 0.717) is 47.7 Å². The van der Waals surface area contributed by atoms with Crippen LogP contribution in [-0.2, 0) is 4.79 Å². The lowest BCUT2D eigenvalue weighted by Crippen LogP contribution is -2.33. The minimum Gasteiger partial charge on any atom is -0.477 e. The summed E-state index contributed by atoms with van der Waals surface area (Å²) in [4.78, 5) is 29.9. The molecule has 0 spiro atoms. The maximum absolute atomic E-state index is 14.8. The Bertz CT molecular complexity index is 1080. The maximum Gasteiger partial charge on any atom is 0.234 e. The van der Waals surface area contributed by atoms with Crippen LogP contribution >= 0.6 is 0 Å². The van der Waals surface area contributed by atoms with Crippen LogP contribution in [0.2, 0.25) is 0 Å². The predicted octanol–water partition coefficient (Wildman–Crippen LogP) is 3.79. The molecule has 1 fully saturated rings. The van der Waals surface area contributed by atoms with Crippen LogP contribution in [0.15, 0.2) is 54.2 Å². The van der Waals surface area contributed by atoms with Crippen LogP contribution in [0.1, 0.15) is 40.0 Å². The zero-order chi connectivity index (χ0) is 24.5. The van der Waals surface area contributed by atoms with Crippen molar-refractivity contribution in [3.63, 3.8) is 0 Å². The number of amides is 1. The van der Waals surface area contributed by atoms with Crippen molar-refractivity contribution in [1.82, 2.24) is 25.8 Å². The van der Waals surface area contributed by atoms with Crippen molar-refractivity contribution in [1.29, 1.82) is 0 Å². The summed E-state index contributed by atoms with van der Waals surface area (Å²) in [7, 11) is 0. The fourth-order valence-electron chi connectivity index (χ4n) is 3.11. The third-order valence-corrected chi connectivity index (χ3v) is 4.96. The molecule has 1 aliphatic carbocycles. The fourth-order valence-corrected chi connectivity index (χ4v) is 3.11. The molecule has 9 nitrogen and oxygen atoms in total. The number of hydrazine groups is 1. The van der Waals surface area contributed by atoms with Crippen molar-refractivity contribution in [3.05, 3.63) is 55.0 Å². The van der Waals surface area contributed by atoms with Crippen LogP contribution in [0.5, 0.6) is 5.88 Å². The van der Waals surface area contributed by atoms with Gasteiger partial charge in [0.05, 0.1) is 36.3 Å². The van der Waals surface area contributed by atoms with Gasteiger partial charge in [0.1, 0.15) is 5.82 Å². The second-order valence-corrected chi connectivity index (χ2v) is 7.71. The summed E-state index contributed by atoms with van der Waals surface area (Å²) in [6, 6.07) is 1.67. The van der Waals surface area contributed by atoms with Gasteiger partial charge in [-0.15, -0.1) is 0 Å². The summed E-state index contributed by atoms with van der Waals surface area (Å²) < 4.78 is 20.2. The van der Waals surface area contributed by atoms with Crippen molar-refractivity contribution in [3.8, 4) is 17.1 Å². The average molecular weight is 468 g/mol. The van der Waals surface area contributed by atoms with Crippen molar-refractivity contribution in [2.45, 2.75) is 46.1 Å². The lowest BCUT2D eigenvalue weighted by atomic mass is 9.98. The van der Waals surface area contributed by atoms with E-state index in [-0.39, 0.29) is 5.82 Å². The minimum absolute atomic E-state index is 0.173. The first-order valence-corrected chi connectivity index (χ1v) is 11.3. The van der Waals surface area contributed by atoms with Gasteiger partial charge in [-0.05, 0) is 45.3 Å². The molecule has 1 amide bonds. The Kier molecular flexibility index (Phi) is 8.80. The van der Waals surface area contributed by atoms with Gasteiger partial charge in [0, 0.05) is 17.8 Å². The number of halogens is 1. The van der Waals surface area contributed by atoms with E-state index in [9.17, 15) is 9.18 Å². The van der Waals surface area contributed by atoms with Gasteiger partial charge in [0.15, 0.2) is 11.6 Å². The third kappa shape index (κ3) is 6.92. The van der Waals surface area contributed by atoms with Gasteiger partial charge in [0.2, 0.25) is 11.8 Å². The normalized spacial score (nSPS) is 14.6. The van der Waals surface area contributed by atoms with Gasteiger partial charge in [0.25, 0.3) is 0 Å². The van der Waals surface area contributed by atoms with Crippen LogP contribution in [0, 0.1) is 11.7 Å². The smallest absolute Gasteiger partial charge is 0.234 e. The number of carbonyl (C=O) groups excluding carboxylic acids is 1. The van der Waals surface area contributed by atoms with Crippen LogP contribution in [0.3, 0.4) is 0 Å². The quantitative estimate of drug-likeness (QED) is 0.321. The number of pyridine rings is 1. The molecule has 10 heteroatoms. The number of carbonyl (C=O) groups is 1. The molecule has 0 bridgehead atoms. The topological polar surface area (TPSA) is 113 Å². The number of hydrogen-bond donors (Lipinski definition) is 3. The van der Waals surface area contributed by atoms with Crippen LogP contribution < -0.4 is 20.9 Å². The number of ether oxygens (including phenoxy) is 1. The van der Waals surface area contributed by atoms with Crippen LogP contribution in [0.25, 0.3) is 11.3 Å². The number of nitrogens with zero attached hydrogens (tertiary/aromatic N) is 4. The van der Waals surface area contributed by atoms with Crippen molar-refractivity contribution >= 4 is 17.4 Å². The summed E-state index contributed by atoms with van der Waals surface area (Å²) in [6.07, 6.45) is 10.6. The molecule has 0 radical (unpaired) electrons. The van der Waals surface area contributed by atoms with Gasteiger partial charge < -0.3 is 15.5 Å². The van der Waals surface area contributed by atoms with E-state index in [1.807, 2.05) is 20.8 Å². The molecule has 1 unspecified atom stereocenters. The maximum atomic E-state index is 14.8. The summed E-state index contributed by atoms with van der Waals surface area (Å²) in [5.74, 6) is -1.16. The molecular formula is C24H30FN7O2. The molecule has 0 aliphatic heterocycles.